The van der Waals surface area contributed by atoms with Crippen molar-refractivity contribution in [2.45, 2.75) is 64.3 Å². The Morgan fingerprint density at radius 3 is 2.62 bits per heavy atom. The summed E-state index contributed by atoms with van der Waals surface area (Å²) in [6, 6.07) is 7.45. The van der Waals surface area contributed by atoms with Gasteiger partial charge < -0.3 is 15.5 Å². The van der Waals surface area contributed by atoms with Crippen LogP contribution in [0.5, 0.6) is 0 Å². The third kappa shape index (κ3) is 5.72. The minimum atomic E-state index is -0.574. The maximum Gasteiger partial charge on any atom is 0.252 e. The number of nitrogens with one attached hydrogen (secondary N) is 1. The molecular formula is C24H31N2O3. The van der Waals surface area contributed by atoms with Gasteiger partial charge in [-0.2, -0.15) is 0 Å². The molecule has 0 saturated heterocycles. The van der Waals surface area contributed by atoms with Crippen LogP contribution >= 0.6 is 0 Å². The van der Waals surface area contributed by atoms with Crippen molar-refractivity contribution in [1.29, 1.82) is 0 Å². The summed E-state index contributed by atoms with van der Waals surface area (Å²) in [5.41, 5.74) is 8.23. The molecule has 155 valence electrons. The molecule has 0 atom stereocenters. The van der Waals surface area contributed by atoms with Gasteiger partial charge in [0.1, 0.15) is 5.76 Å². The highest BCUT2D eigenvalue weighted by molar-refractivity contribution is 6.07. The molecule has 1 aliphatic carbocycles. The van der Waals surface area contributed by atoms with E-state index in [0.29, 0.717) is 29.7 Å². The molecule has 29 heavy (non-hydrogen) atoms. The predicted octanol–water partition coefficient (Wildman–Crippen LogP) is 4.59. The summed E-state index contributed by atoms with van der Waals surface area (Å²) >= 11 is 0. The molecule has 1 heterocycles. The highest BCUT2D eigenvalue weighted by Crippen LogP contribution is 2.28. The van der Waals surface area contributed by atoms with Crippen LogP contribution in [-0.4, -0.2) is 11.8 Å². The second-order valence-electron chi connectivity index (χ2n) is 7.95. The Bertz CT molecular complexity index is 821. The molecule has 1 aromatic heterocycles. The average Bonchev–Trinajstić information content (AvgIpc) is 3.24. The van der Waals surface area contributed by atoms with Gasteiger partial charge in [0.2, 0.25) is 5.91 Å². The second kappa shape index (κ2) is 10.3. The first kappa shape index (κ1) is 21.2. The Hall–Kier alpha value is -2.56. The number of aryl methyl sites for hydroxylation is 2. The fraction of sp³-hybridized carbons (Fsp3) is 0.458. The van der Waals surface area contributed by atoms with Gasteiger partial charge in [0.05, 0.1) is 23.9 Å². The zero-order chi connectivity index (χ0) is 20.6. The molecule has 2 amide bonds. The lowest BCUT2D eigenvalue weighted by atomic mass is 9.84. The third-order valence-corrected chi connectivity index (χ3v) is 5.79. The van der Waals surface area contributed by atoms with Crippen molar-refractivity contribution in [3.63, 3.8) is 0 Å². The van der Waals surface area contributed by atoms with Gasteiger partial charge in [0.25, 0.3) is 5.91 Å². The van der Waals surface area contributed by atoms with Gasteiger partial charge >= 0.3 is 0 Å². The van der Waals surface area contributed by atoms with Crippen molar-refractivity contribution >= 4 is 11.8 Å². The molecule has 1 aromatic carbocycles. The first-order valence-corrected chi connectivity index (χ1v) is 10.6. The molecule has 1 radical (unpaired) electrons. The van der Waals surface area contributed by atoms with Crippen molar-refractivity contribution in [2.24, 2.45) is 11.7 Å². The van der Waals surface area contributed by atoms with Crippen LogP contribution in [-0.2, 0) is 19.4 Å². The van der Waals surface area contributed by atoms with E-state index in [1.807, 2.05) is 12.1 Å². The molecule has 3 rings (SSSR count). The van der Waals surface area contributed by atoms with E-state index in [9.17, 15) is 9.59 Å². The Morgan fingerprint density at radius 1 is 1.17 bits per heavy atom. The van der Waals surface area contributed by atoms with Crippen LogP contribution in [0.2, 0.25) is 0 Å². The molecule has 3 N–H and O–H groups in total. The quantitative estimate of drug-likeness (QED) is 0.651. The van der Waals surface area contributed by atoms with Crippen molar-refractivity contribution in [3.8, 4) is 0 Å². The summed E-state index contributed by atoms with van der Waals surface area (Å²) in [5.74, 6) is 0.535. The molecule has 1 aliphatic rings. The average molecular weight is 396 g/mol. The molecule has 0 bridgehead atoms. The van der Waals surface area contributed by atoms with Gasteiger partial charge in [-0.3, -0.25) is 9.59 Å². The molecule has 0 spiro atoms. The van der Waals surface area contributed by atoms with Crippen LogP contribution < -0.4 is 11.1 Å². The first-order chi connectivity index (χ1) is 14.1. The highest BCUT2D eigenvalue weighted by Gasteiger charge is 2.21. The summed E-state index contributed by atoms with van der Waals surface area (Å²) in [6.45, 7) is 4.17. The van der Waals surface area contributed by atoms with Gasteiger partial charge in [0, 0.05) is 0 Å². The number of nitrogens with two attached hydrogens (primary N) is 1. The van der Waals surface area contributed by atoms with Gasteiger partial charge in [-0.15, -0.1) is 0 Å². The Labute approximate surface area is 173 Å². The Balaban J connectivity index is 1.82. The number of primary amides is 1. The number of hydrogen-bond donors (Lipinski definition) is 2. The molecule has 0 unspecified atom stereocenters. The largest absolute Gasteiger partial charge is 0.467 e. The number of furan rings is 1. The Kier molecular flexibility index (Phi) is 7.50. The molecule has 1 fully saturated rings. The lowest BCUT2D eigenvalue weighted by molar-refractivity contribution is 0.0931. The predicted molar refractivity (Wildman–Crippen MR) is 113 cm³/mol. The molecule has 1 saturated carbocycles. The minimum Gasteiger partial charge on any atom is -0.467 e. The van der Waals surface area contributed by atoms with Gasteiger partial charge in [-0.25, -0.2) is 0 Å². The SMILES string of the molecule is [CH2]CCc1cc(CCC2CCCCC2)cc(C(=O)NCc2ccco2)c1C(N)=O. The van der Waals surface area contributed by atoms with E-state index in [0.717, 1.165) is 29.9 Å². The zero-order valence-electron chi connectivity index (χ0n) is 17.0. The van der Waals surface area contributed by atoms with Gasteiger partial charge in [-0.1, -0.05) is 45.1 Å². The zero-order valence-corrected chi connectivity index (χ0v) is 17.0. The van der Waals surface area contributed by atoms with E-state index in [1.165, 1.54) is 32.1 Å². The number of amides is 2. The van der Waals surface area contributed by atoms with E-state index < -0.39 is 5.91 Å². The van der Waals surface area contributed by atoms with Crippen LogP contribution in [0.4, 0.5) is 0 Å². The summed E-state index contributed by atoms with van der Waals surface area (Å²) in [6.07, 6.45) is 11.4. The maximum absolute atomic E-state index is 12.9. The summed E-state index contributed by atoms with van der Waals surface area (Å²) in [7, 11) is 0. The van der Waals surface area contributed by atoms with Gasteiger partial charge in [0.15, 0.2) is 0 Å². The topological polar surface area (TPSA) is 85.3 Å². The number of hydrogen-bond acceptors (Lipinski definition) is 3. The van der Waals surface area contributed by atoms with Crippen LogP contribution in [0.1, 0.15) is 82.5 Å². The van der Waals surface area contributed by atoms with E-state index in [2.05, 4.69) is 12.2 Å². The maximum atomic E-state index is 12.9. The van der Waals surface area contributed by atoms with Crippen molar-refractivity contribution < 1.29 is 14.0 Å². The minimum absolute atomic E-state index is 0.265. The van der Waals surface area contributed by atoms with Crippen LogP contribution in [0.15, 0.2) is 34.9 Å². The van der Waals surface area contributed by atoms with E-state index in [1.54, 1.807) is 18.4 Å². The first-order valence-electron chi connectivity index (χ1n) is 10.6. The number of rotatable bonds is 9. The molecule has 5 nitrogen and oxygen atoms in total. The fourth-order valence-corrected chi connectivity index (χ4v) is 4.29. The fourth-order valence-electron chi connectivity index (χ4n) is 4.29. The smallest absolute Gasteiger partial charge is 0.252 e. The van der Waals surface area contributed by atoms with Crippen molar-refractivity contribution in [2.75, 3.05) is 0 Å². The molecule has 2 aromatic rings. The lowest BCUT2D eigenvalue weighted by Gasteiger charge is -2.22. The molecule has 5 heteroatoms. The monoisotopic (exact) mass is 395 g/mol. The lowest BCUT2D eigenvalue weighted by Crippen LogP contribution is -2.27. The summed E-state index contributed by atoms with van der Waals surface area (Å²) in [4.78, 5) is 25.1. The third-order valence-electron chi connectivity index (χ3n) is 5.79. The summed E-state index contributed by atoms with van der Waals surface area (Å²) < 4.78 is 5.27. The van der Waals surface area contributed by atoms with Crippen molar-refractivity contribution in [3.05, 3.63) is 65.5 Å². The highest BCUT2D eigenvalue weighted by atomic mass is 16.3. The number of carbonyl (C=O) groups is 2. The van der Waals surface area contributed by atoms with Crippen LogP contribution in [0.3, 0.4) is 0 Å². The van der Waals surface area contributed by atoms with E-state index >= 15 is 0 Å². The standard InChI is InChI=1S/C24H31N2O3/c1-2-7-19-14-18(12-11-17-8-4-3-5-9-17)15-21(22(19)23(25)27)24(28)26-16-20-10-6-13-29-20/h6,10,13-15,17H,1-5,7-9,11-12,16H2,(H2,25,27)(H,26,28). The van der Waals surface area contributed by atoms with Crippen molar-refractivity contribution in [1.82, 2.24) is 5.32 Å². The molecular weight excluding hydrogens is 364 g/mol. The van der Waals surface area contributed by atoms with Crippen LogP contribution in [0, 0.1) is 12.8 Å². The Morgan fingerprint density at radius 2 is 1.97 bits per heavy atom. The number of benzene rings is 1. The number of carbonyl (C=O) groups excluding carboxylic acids is 2. The molecule has 0 aliphatic heterocycles. The normalized spacial score (nSPS) is 14.7. The van der Waals surface area contributed by atoms with Gasteiger partial charge in [-0.05, 0) is 60.9 Å². The summed E-state index contributed by atoms with van der Waals surface area (Å²) in [5, 5.41) is 2.84. The van der Waals surface area contributed by atoms with E-state index in [-0.39, 0.29) is 12.5 Å². The second-order valence-corrected chi connectivity index (χ2v) is 7.95. The van der Waals surface area contributed by atoms with E-state index in [4.69, 9.17) is 10.2 Å². The van der Waals surface area contributed by atoms with Crippen LogP contribution in [0.25, 0.3) is 0 Å².